The summed E-state index contributed by atoms with van der Waals surface area (Å²) in [5.74, 6) is 1.42. The normalized spacial score (nSPS) is 13.6. The number of pyridine rings is 1. The van der Waals surface area contributed by atoms with Crippen LogP contribution < -0.4 is 10.2 Å². The van der Waals surface area contributed by atoms with Crippen LogP contribution in [0.5, 0.6) is 0 Å². The highest BCUT2D eigenvalue weighted by Gasteiger charge is 2.24. The van der Waals surface area contributed by atoms with Gasteiger partial charge in [0.2, 0.25) is 5.91 Å². The van der Waals surface area contributed by atoms with Crippen molar-refractivity contribution in [3.8, 4) is 11.5 Å². The summed E-state index contributed by atoms with van der Waals surface area (Å²) >= 11 is 0. The van der Waals surface area contributed by atoms with Gasteiger partial charge in [-0.3, -0.25) is 9.78 Å². The predicted molar refractivity (Wildman–Crippen MR) is 110 cm³/mol. The summed E-state index contributed by atoms with van der Waals surface area (Å²) in [5, 5.41) is 4.09. The van der Waals surface area contributed by atoms with Gasteiger partial charge in [0.25, 0.3) is 0 Å². The minimum atomic E-state index is -0.257. The maximum atomic E-state index is 12.4. The smallest absolute Gasteiger partial charge is 0.239 e. The first kappa shape index (κ1) is 18.4. The molecule has 0 atom stereocenters. The number of hydrogen-bond acceptors (Lipinski definition) is 5. The average molecular weight is 378 g/mol. The minimum Gasteiger partial charge on any atom is -0.360 e. The molecule has 0 aromatic carbocycles. The van der Waals surface area contributed by atoms with Crippen molar-refractivity contribution in [3.05, 3.63) is 35.8 Å². The molecule has 3 aromatic heterocycles. The van der Waals surface area contributed by atoms with Crippen LogP contribution in [-0.2, 0) is 17.6 Å². The van der Waals surface area contributed by atoms with Gasteiger partial charge in [-0.05, 0) is 52.2 Å². The van der Waals surface area contributed by atoms with E-state index < -0.39 is 0 Å². The molecule has 146 valence electrons. The highest BCUT2D eigenvalue weighted by molar-refractivity contribution is 5.83. The molecular weight excluding hydrogens is 352 g/mol. The Morgan fingerprint density at radius 2 is 2.11 bits per heavy atom. The lowest BCUT2D eigenvalue weighted by Crippen LogP contribution is -2.45. The molecule has 0 saturated carbocycles. The Labute approximate surface area is 164 Å². The minimum absolute atomic E-state index is 0.0197. The van der Waals surface area contributed by atoms with Gasteiger partial charge in [-0.2, -0.15) is 0 Å². The second-order valence-corrected chi connectivity index (χ2v) is 8.44. The SMILES string of the molecule is CN(CC(=O)NC(C)(C)C)c1nc(-c2cc3cc[nH]c3cn2)nc2c1CCC2. The van der Waals surface area contributed by atoms with Gasteiger partial charge in [-0.1, -0.05) is 0 Å². The number of carbonyl (C=O) groups excluding carboxylic acids is 1. The van der Waals surface area contributed by atoms with Crippen LogP contribution >= 0.6 is 0 Å². The third-order valence-corrected chi connectivity index (χ3v) is 4.83. The van der Waals surface area contributed by atoms with Crippen LogP contribution in [0.4, 0.5) is 5.82 Å². The number of aryl methyl sites for hydroxylation is 1. The molecule has 3 heterocycles. The predicted octanol–water partition coefficient (Wildman–Crippen LogP) is 2.86. The number of amides is 1. The number of aromatic amines is 1. The molecule has 3 aromatic rings. The molecule has 0 bridgehead atoms. The fourth-order valence-electron chi connectivity index (χ4n) is 3.66. The van der Waals surface area contributed by atoms with Gasteiger partial charge >= 0.3 is 0 Å². The number of nitrogens with zero attached hydrogens (tertiary/aromatic N) is 4. The molecule has 0 unspecified atom stereocenters. The van der Waals surface area contributed by atoms with Crippen molar-refractivity contribution in [1.29, 1.82) is 0 Å². The largest absolute Gasteiger partial charge is 0.360 e. The summed E-state index contributed by atoms with van der Waals surface area (Å²) in [6.07, 6.45) is 6.65. The van der Waals surface area contributed by atoms with Crippen LogP contribution in [0, 0.1) is 0 Å². The highest BCUT2D eigenvalue weighted by Crippen LogP contribution is 2.31. The van der Waals surface area contributed by atoms with E-state index in [-0.39, 0.29) is 18.0 Å². The molecule has 0 saturated heterocycles. The molecule has 7 heteroatoms. The first-order valence-corrected chi connectivity index (χ1v) is 9.65. The van der Waals surface area contributed by atoms with E-state index in [1.165, 1.54) is 0 Å². The van der Waals surface area contributed by atoms with E-state index in [2.05, 4.69) is 15.3 Å². The van der Waals surface area contributed by atoms with Crippen LogP contribution in [0.1, 0.15) is 38.4 Å². The lowest BCUT2D eigenvalue weighted by atomic mass is 10.1. The lowest BCUT2D eigenvalue weighted by Gasteiger charge is -2.25. The van der Waals surface area contributed by atoms with Crippen molar-refractivity contribution in [1.82, 2.24) is 25.3 Å². The maximum Gasteiger partial charge on any atom is 0.239 e. The maximum absolute atomic E-state index is 12.4. The van der Waals surface area contributed by atoms with Crippen LogP contribution in [0.15, 0.2) is 24.5 Å². The molecule has 0 aliphatic heterocycles. The van der Waals surface area contributed by atoms with Gasteiger partial charge in [0, 0.05) is 35.4 Å². The fraction of sp³-hybridized carbons (Fsp3) is 0.429. The van der Waals surface area contributed by atoms with E-state index in [0.29, 0.717) is 5.82 Å². The van der Waals surface area contributed by atoms with Gasteiger partial charge in [-0.25, -0.2) is 9.97 Å². The average Bonchev–Trinajstić information content (AvgIpc) is 3.27. The van der Waals surface area contributed by atoms with Crippen molar-refractivity contribution in [3.63, 3.8) is 0 Å². The molecule has 1 amide bonds. The van der Waals surface area contributed by atoms with Crippen LogP contribution in [0.3, 0.4) is 0 Å². The Morgan fingerprint density at radius 3 is 2.89 bits per heavy atom. The van der Waals surface area contributed by atoms with Crippen molar-refractivity contribution in [2.75, 3.05) is 18.5 Å². The van der Waals surface area contributed by atoms with Crippen LogP contribution in [0.2, 0.25) is 0 Å². The van der Waals surface area contributed by atoms with E-state index >= 15 is 0 Å². The zero-order valence-corrected chi connectivity index (χ0v) is 16.8. The first-order chi connectivity index (χ1) is 13.3. The van der Waals surface area contributed by atoms with Crippen LogP contribution in [-0.4, -0.2) is 45.0 Å². The molecule has 0 fully saturated rings. The van der Waals surface area contributed by atoms with Crippen molar-refractivity contribution in [2.45, 2.75) is 45.6 Å². The number of H-pyrrole nitrogens is 1. The van der Waals surface area contributed by atoms with Gasteiger partial charge in [0.15, 0.2) is 5.82 Å². The number of nitrogens with one attached hydrogen (secondary N) is 2. The molecule has 0 radical (unpaired) electrons. The Kier molecular flexibility index (Phi) is 4.53. The van der Waals surface area contributed by atoms with E-state index in [1.54, 1.807) is 6.20 Å². The lowest BCUT2D eigenvalue weighted by molar-refractivity contribution is -0.121. The Bertz CT molecular complexity index is 1030. The second-order valence-electron chi connectivity index (χ2n) is 8.44. The summed E-state index contributed by atoms with van der Waals surface area (Å²) in [5.41, 5.74) is 3.69. The van der Waals surface area contributed by atoms with Crippen molar-refractivity contribution < 1.29 is 4.79 Å². The van der Waals surface area contributed by atoms with E-state index in [9.17, 15) is 4.79 Å². The third-order valence-electron chi connectivity index (χ3n) is 4.83. The molecule has 7 nitrogen and oxygen atoms in total. The zero-order chi connectivity index (χ0) is 19.9. The summed E-state index contributed by atoms with van der Waals surface area (Å²) < 4.78 is 0. The van der Waals surface area contributed by atoms with Crippen molar-refractivity contribution in [2.24, 2.45) is 0 Å². The number of anilines is 1. The van der Waals surface area contributed by atoms with Crippen LogP contribution in [0.25, 0.3) is 22.4 Å². The third kappa shape index (κ3) is 3.69. The standard InChI is InChI=1S/C21H26N6O/c1-21(2,3)26-18(28)12-27(4)20-14-6-5-7-15(14)24-19(25-20)16-10-13-8-9-22-17(13)11-23-16/h8-11,22H,5-7,12H2,1-4H3,(H,26,28). The van der Waals surface area contributed by atoms with Gasteiger partial charge < -0.3 is 15.2 Å². The highest BCUT2D eigenvalue weighted by atomic mass is 16.2. The molecule has 0 spiro atoms. The molecule has 1 aliphatic rings. The Balaban J connectivity index is 1.68. The van der Waals surface area contributed by atoms with Gasteiger partial charge in [0.1, 0.15) is 11.5 Å². The summed E-state index contributed by atoms with van der Waals surface area (Å²) in [4.78, 5) is 31.6. The van der Waals surface area contributed by atoms with Crippen molar-refractivity contribution >= 4 is 22.6 Å². The summed E-state index contributed by atoms with van der Waals surface area (Å²) in [7, 11) is 1.91. The number of carbonyl (C=O) groups is 1. The van der Waals surface area contributed by atoms with E-state index in [0.717, 1.165) is 52.9 Å². The summed E-state index contributed by atoms with van der Waals surface area (Å²) in [6.45, 7) is 6.20. The molecule has 2 N–H and O–H groups in total. The monoisotopic (exact) mass is 378 g/mol. The number of rotatable bonds is 4. The Morgan fingerprint density at radius 1 is 1.29 bits per heavy atom. The fourth-order valence-corrected chi connectivity index (χ4v) is 3.66. The second kappa shape index (κ2) is 6.89. The molecular formula is C21H26N6O. The summed E-state index contributed by atoms with van der Waals surface area (Å²) in [6, 6.07) is 4.01. The number of aromatic nitrogens is 4. The number of fused-ring (bicyclic) bond motifs is 2. The Hall–Kier alpha value is -2.96. The first-order valence-electron chi connectivity index (χ1n) is 9.65. The van der Waals surface area contributed by atoms with E-state index in [4.69, 9.17) is 9.97 Å². The topological polar surface area (TPSA) is 86.8 Å². The van der Waals surface area contributed by atoms with Gasteiger partial charge in [0.05, 0.1) is 18.3 Å². The number of hydrogen-bond donors (Lipinski definition) is 2. The molecule has 28 heavy (non-hydrogen) atoms. The number of likely N-dealkylation sites (N-methyl/N-ethyl adjacent to an activating group) is 1. The molecule has 1 aliphatic carbocycles. The molecule has 4 rings (SSSR count). The van der Waals surface area contributed by atoms with E-state index in [1.807, 2.05) is 51.0 Å². The quantitative estimate of drug-likeness (QED) is 0.729. The zero-order valence-electron chi connectivity index (χ0n) is 16.8. The van der Waals surface area contributed by atoms with Gasteiger partial charge in [-0.15, -0.1) is 0 Å².